The Morgan fingerprint density at radius 2 is 2.00 bits per heavy atom. The maximum Gasteiger partial charge on any atom is 0.114 e. The van der Waals surface area contributed by atoms with Gasteiger partial charge in [-0.25, -0.2) is 9.97 Å². The summed E-state index contributed by atoms with van der Waals surface area (Å²) < 4.78 is 1.67. The monoisotopic (exact) mass is 286 g/mol. The third kappa shape index (κ3) is 1.36. The number of aromatic nitrogens is 2. The molecule has 0 bridgehead atoms. The van der Waals surface area contributed by atoms with Crippen LogP contribution in [0.25, 0.3) is 10.8 Å². The van der Waals surface area contributed by atoms with Crippen LogP contribution in [0.4, 0.5) is 0 Å². The molecule has 0 amide bonds. The van der Waals surface area contributed by atoms with Crippen molar-refractivity contribution < 1.29 is 0 Å². The number of fused-ring (bicyclic) bond motifs is 1. The molecule has 2 rings (SSSR count). The molecule has 0 aliphatic heterocycles. The van der Waals surface area contributed by atoms with Gasteiger partial charge in [-0.1, -0.05) is 0 Å². The Bertz CT molecular complexity index is 428. The van der Waals surface area contributed by atoms with Crippen LogP contribution in [-0.2, 0) is 0 Å². The Labute approximate surface area is 86.3 Å². The largest absolute Gasteiger partial charge is 0.249 e. The fourth-order valence-corrected chi connectivity index (χ4v) is 1.80. The lowest BCUT2D eigenvalue weighted by Gasteiger charge is -1.98. The topological polar surface area (TPSA) is 25.8 Å². The van der Waals surface area contributed by atoms with E-state index in [9.17, 15) is 0 Å². The minimum absolute atomic E-state index is 0.823. The van der Waals surface area contributed by atoms with Crippen LogP contribution in [0.1, 0.15) is 0 Å². The number of hydrogen-bond donors (Lipinski definition) is 0. The van der Waals surface area contributed by atoms with Crippen molar-refractivity contribution in [1.29, 1.82) is 0 Å². The summed E-state index contributed by atoms with van der Waals surface area (Å²) in [6, 6.07) is 3.87. The number of nitrogens with zero attached hydrogens (tertiary/aromatic N) is 2. The average molecular weight is 288 g/mol. The normalized spacial score (nSPS) is 10.5. The zero-order valence-corrected chi connectivity index (χ0v) is 9.13. The van der Waals surface area contributed by atoms with Crippen LogP contribution in [0.2, 0.25) is 0 Å². The van der Waals surface area contributed by atoms with E-state index in [0.717, 1.165) is 20.0 Å². The van der Waals surface area contributed by atoms with E-state index in [4.69, 9.17) is 0 Å². The van der Waals surface area contributed by atoms with Crippen LogP contribution in [-0.4, -0.2) is 9.97 Å². The Morgan fingerprint density at radius 3 is 2.83 bits per heavy atom. The first-order valence-corrected chi connectivity index (χ1v) is 4.92. The molecule has 4 heteroatoms. The van der Waals surface area contributed by atoms with Crippen LogP contribution in [0.3, 0.4) is 0 Å². The van der Waals surface area contributed by atoms with Gasteiger partial charge in [-0.05, 0) is 44.0 Å². The summed E-state index contributed by atoms with van der Waals surface area (Å²) in [4.78, 5) is 8.23. The number of pyridine rings is 2. The van der Waals surface area contributed by atoms with Gasteiger partial charge in [0.25, 0.3) is 0 Å². The maximum absolute atomic E-state index is 4.12. The molecule has 2 aromatic rings. The molecule has 0 saturated carbocycles. The molecule has 0 aliphatic carbocycles. The Balaban J connectivity index is 2.88. The SMILES string of the molecule is Brc1cc2c(Br)nccc2cn1. The molecular weight excluding hydrogens is 284 g/mol. The van der Waals surface area contributed by atoms with Gasteiger partial charge in [0.1, 0.15) is 9.21 Å². The summed E-state index contributed by atoms with van der Waals surface area (Å²) in [6.07, 6.45) is 3.56. The van der Waals surface area contributed by atoms with Crippen LogP contribution in [0.15, 0.2) is 33.7 Å². The van der Waals surface area contributed by atoms with Crippen LogP contribution >= 0.6 is 31.9 Å². The van der Waals surface area contributed by atoms with Gasteiger partial charge in [0.2, 0.25) is 0 Å². The van der Waals surface area contributed by atoms with Crippen molar-refractivity contribution in [1.82, 2.24) is 9.97 Å². The van der Waals surface area contributed by atoms with Crippen molar-refractivity contribution in [2.75, 3.05) is 0 Å². The standard InChI is InChI=1S/C8H4Br2N2/c9-7-3-6-5(4-12-7)1-2-11-8(6)10/h1-4H. The highest BCUT2D eigenvalue weighted by Crippen LogP contribution is 2.22. The second kappa shape index (κ2) is 3.11. The van der Waals surface area contributed by atoms with Gasteiger partial charge in [-0.3, -0.25) is 0 Å². The highest BCUT2D eigenvalue weighted by atomic mass is 79.9. The average Bonchev–Trinajstić information content (AvgIpc) is 2.07. The van der Waals surface area contributed by atoms with Crippen LogP contribution < -0.4 is 0 Å². The summed E-state index contributed by atoms with van der Waals surface area (Å²) in [5.74, 6) is 0. The Hall–Kier alpha value is -0.480. The highest BCUT2D eigenvalue weighted by Gasteiger charge is 1.99. The minimum Gasteiger partial charge on any atom is -0.249 e. The predicted molar refractivity (Wildman–Crippen MR) is 54.9 cm³/mol. The van der Waals surface area contributed by atoms with Crippen molar-refractivity contribution in [2.45, 2.75) is 0 Å². The highest BCUT2D eigenvalue weighted by molar-refractivity contribution is 9.11. The van der Waals surface area contributed by atoms with Crippen molar-refractivity contribution in [2.24, 2.45) is 0 Å². The summed E-state index contributed by atoms with van der Waals surface area (Å²) in [5.41, 5.74) is 0. The lowest BCUT2D eigenvalue weighted by atomic mass is 10.2. The van der Waals surface area contributed by atoms with E-state index in [2.05, 4.69) is 41.8 Å². The smallest absolute Gasteiger partial charge is 0.114 e. The van der Waals surface area contributed by atoms with E-state index in [-0.39, 0.29) is 0 Å². The Kier molecular flexibility index (Phi) is 2.11. The molecule has 0 saturated heterocycles. The molecule has 2 aromatic heterocycles. The van der Waals surface area contributed by atoms with Gasteiger partial charge in [0, 0.05) is 23.2 Å². The van der Waals surface area contributed by atoms with Gasteiger partial charge >= 0.3 is 0 Å². The van der Waals surface area contributed by atoms with E-state index < -0.39 is 0 Å². The fourth-order valence-electron chi connectivity index (χ4n) is 1.00. The zero-order valence-electron chi connectivity index (χ0n) is 5.96. The van der Waals surface area contributed by atoms with Crippen LogP contribution in [0, 0.1) is 0 Å². The van der Waals surface area contributed by atoms with Crippen LogP contribution in [0.5, 0.6) is 0 Å². The predicted octanol–water partition coefficient (Wildman–Crippen LogP) is 3.15. The second-order valence-corrected chi connectivity index (χ2v) is 3.89. The number of halogens is 2. The van der Waals surface area contributed by atoms with Gasteiger partial charge in [0.05, 0.1) is 0 Å². The Morgan fingerprint density at radius 1 is 1.17 bits per heavy atom. The summed E-state index contributed by atoms with van der Waals surface area (Å²) in [6.45, 7) is 0. The van der Waals surface area contributed by atoms with Gasteiger partial charge < -0.3 is 0 Å². The van der Waals surface area contributed by atoms with Crippen molar-refractivity contribution in [3.8, 4) is 0 Å². The van der Waals surface area contributed by atoms with Gasteiger partial charge in [0.15, 0.2) is 0 Å². The fraction of sp³-hybridized carbons (Fsp3) is 0. The molecule has 60 valence electrons. The summed E-state index contributed by atoms with van der Waals surface area (Å²) in [5, 5.41) is 2.15. The molecule has 2 nitrogen and oxygen atoms in total. The van der Waals surface area contributed by atoms with Crippen molar-refractivity contribution in [3.05, 3.63) is 33.7 Å². The molecule has 0 radical (unpaired) electrons. The summed E-state index contributed by atoms with van der Waals surface area (Å²) in [7, 11) is 0. The molecule has 0 unspecified atom stereocenters. The maximum atomic E-state index is 4.12. The molecule has 0 aromatic carbocycles. The first-order valence-electron chi connectivity index (χ1n) is 3.33. The molecule has 2 heterocycles. The lowest BCUT2D eigenvalue weighted by Crippen LogP contribution is -1.81. The molecule has 12 heavy (non-hydrogen) atoms. The van der Waals surface area contributed by atoms with E-state index in [1.165, 1.54) is 0 Å². The zero-order chi connectivity index (χ0) is 8.55. The van der Waals surface area contributed by atoms with E-state index >= 15 is 0 Å². The first-order chi connectivity index (χ1) is 5.77. The molecular formula is C8H4Br2N2. The lowest BCUT2D eigenvalue weighted by molar-refractivity contribution is 1.27. The van der Waals surface area contributed by atoms with E-state index in [1.54, 1.807) is 6.20 Å². The van der Waals surface area contributed by atoms with Crippen molar-refractivity contribution >= 4 is 42.6 Å². The van der Waals surface area contributed by atoms with Gasteiger partial charge in [-0.2, -0.15) is 0 Å². The quantitative estimate of drug-likeness (QED) is 0.696. The molecule has 0 aliphatic rings. The van der Waals surface area contributed by atoms with E-state index in [0.29, 0.717) is 0 Å². The first kappa shape index (κ1) is 8.13. The molecule has 0 atom stereocenters. The minimum atomic E-state index is 0.823. The number of hydrogen-bond acceptors (Lipinski definition) is 2. The summed E-state index contributed by atoms with van der Waals surface area (Å²) >= 11 is 6.68. The number of rotatable bonds is 0. The second-order valence-electron chi connectivity index (χ2n) is 2.33. The molecule has 0 spiro atoms. The van der Waals surface area contributed by atoms with Gasteiger partial charge in [-0.15, -0.1) is 0 Å². The van der Waals surface area contributed by atoms with Crippen molar-refractivity contribution in [3.63, 3.8) is 0 Å². The molecule has 0 N–H and O–H groups in total. The third-order valence-corrected chi connectivity index (χ3v) is 2.63. The van der Waals surface area contributed by atoms with E-state index in [1.807, 2.05) is 18.3 Å². The molecule has 0 fully saturated rings. The third-order valence-electron chi connectivity index (χ3n) is 1.57.